The minimum absolute atomic E-state index is 0. The molecule has 0 unspecified atom stereocenters. The van der Waals surface area contributed by atoms with E-state index in [0.717, 1.165) is 24.3 Å². The molecule has 19 heteroatoms. The van der Waals surface area contributed by atoms with E-state index < -0.39 is 34.3 Å². The zero-order valence-electron chi connectivity index (χ0n) is 19.9. The maximum Gasteiger partial charge on any atom is 1.00 e. The van der Waals surface area contributed by atoms with Crippen LogP contribution in [0.3, 0.4) is 0 Å². The Bertz CT molecular complexity index is 897. The number of aromatic carboxylic acids is 4. The average molecular weight is 575 g/mol. The van der Waals surface area contributed by atoms with Gasteiger partial charge >= 0.3 is 103 Å². The molecule has 0 heterocycles. The van der Waals surface area contributed by atoms with Crippen molar-refractivity contribution in [2.45, 2.75) is 0 Å². The molecule has 2 aromatic rings. The SMILES string of the molecule is O=C([O-])c1ccccc1C(=O)[O-].O=C([O-])c1ccccc1C(=O)[O-].O=S(=O)([O-])[O-].[K+].[K+].[NH4+].[NH4+].[NH4+].[NH4+]. The van der Waals surface area contributed by atoms with Crippen molar-refractivity contribution in [1.82, 2.24) is 24.6 Å². The third-order valence-corrected chi connectivity index (χ3v) is 2.73. The summed E-state index contributed by atoms with van der Waals surface area (Å²) in [4.78, 5) is 41.3. The summed E-state index contributed by atoms with van der Waals surface area (Å²) in [6, 6.07) is 10.3. The van der Waals surface area contributed by atoms with Gasteiger partial charge in [0.15, 0.2) is 0 Å². The van der Waals surface area contributed by atoms with Crippen LogP contribution in [0.4, 0.5) is 0 Å². The van der Waals surface area contributed by atoms with Crippen molar-refractivity contribution in [2.75, 3.05) is 0 Å². The summed E-state index contributed by atoms with van der Waals surface area (Å²) in [7, 11) is -5.17. The number of hydrogen-bond acceptors (Lipinski definition) is 12. The van der Waals surface area contributed by atoms with Crippen molar-refractivity contribution in [2.24, 2.45) is 0 Å². The minimum atomic E-state index is -5.17. The van der Waals surface area contributed by atoms with Gasteiger partial charge in [-0.3, -0.25) is 8.42 Å². The first kappa shape index (κ1) is 51.0. The summed E-state index contributed by atoms with van der Waals surface area (Å²) in [6.07, 6.45) is 0. The molecule has 188 valence electrons. The van der Waals surface area contributed by atoms with Crippen LogP contribution < -0.4 is 148 Å². The van der Waals surface area contributed by atoms with Gasteiger partial charge in [0.2, 0.25) is 0 Å². The van der Waals surface area contributed by atoms with Crippen molar-refractivity contribution in [3.8, 4) is 0 Å². The van der Waals surface area contributed by atoms with Crippen LogP contribution in [-0.4, -0.2) is 41.4 Å². The fraction of sp³-hybridized carbons (Fsp3) is 0. The first-order valence-corrected chi connectivity index (χ1v) is 8.29. The first-order chi connectivity index (χ1) is 13.3. The number of carboxylic acids is 4. The van der Waals surface area contributed by atoms with Gasteiger partial charge in [-0.2, -0.15) is 0 Å². The Kier molecular flexibility index (Phi) is 36.4. The van der Waals surface area contributed by atoms with Crippen molar-refractivity contribution < 1.29 is 160 Å². The van der Waals surface area contributed by atoms with E-state index in [0.29, 0.717) is 0 Å². The fourth-order valence-corrected chi connectivity index (χ4v) is 1.68. The molecule has 0 aliphatic carbocycles. The largest absolute Gasteiger partial charge is 1.00 e. The molecule has 35 heavy (non-hydrogen) atoms. The van der Waals surface area contributed by atoms with Gasteiger partial charge in [-0.1, -0.05) is 48.5 Å². The quantitative estimate of drug-likeness (QED) is 0.150. The zero-order valence-corrected chi connectivity index (χ0v) is 27.0. The van der Waals surface area contributed by atoms with Crippen LogP contribution in [0.5, 0.6) is 0 Å². The van der Waals surface area contributed by atoms with E-state index in [4.69, 9.17) is 17.5 Å². The van der Waals surface area contributed by atoms with Gasteiger partial charge in [0.05, 0.1) is 23.9 Å². The molecule has 0 aliphatic rings. The number of hydrogen-bond donors (Lipinski definition) is 4. The summed E-state index contributed by atoms with van der Waals surface area (Å²) in [5.41, 5.74) is -1.45. The molecule has 0 amide bonds. The zero-order chi connectivity index (χ0) is 22.8. The van der Waals surface area contributed by atoms with E-state index in [1.54, 1.807) is 0 Å². The molecule has 0 bridgehead atoms. The van der Waals surface area contributed by atoms with Crippen LogP contribution in [0.25, 0.3) is 0 Å². The molecule has 0 atom stereocenters. The molecule has 0 spiro atoms. The summed E-state index contributed by atoms with van der Waals surface area (Å²) in [5, 5.41) is 41.3. The molecule has 16 N–H and O–H groups in total. The van der Waals surface area contributed by atoms with Crippen LogP contribution in [0.15, 0.2) is 48.5 Å². The molecular formula is C16H24K2N4O12S. The van der Waals surface area contributed by atoms with Crippen LogP contribution in [0.1, 0.15) is 41.4 Å². The van der Waals surface area contributed by atoms with Crippen molar-refractivity contribution in [3.05, 3.63) is 70.8 Å². The maximum atomic E-state index is 10.3. The van der Waals surface area contributed by atoms with E-state index in [1.165, 1.54) is 24.3 Å². The number of quaternary nitrogens is 4. The van der Waals surface area contributed by atoms with E-state index >= 15 is 0 Å². The number of carbonyl (C=O) groups is 4. The monoisotopic (exact) mass is 574 g/mol. The van der Waals surface area contributed by atoms with Crippen LogP contribution in [0.2, 0.25) is 0 Å². The number of rotatable bonds is 4. The maximum absolute atomic E-state index is 10.3. The molecular weight excluding hydrogens is 550 g/mol. The van der Waals surface area contributed by atoms with Crippen LogP contribution in [-0.2, 0) is 10.4 Å². The molecule has 0 radical (unpaired) electrons. The third kappa shape index (κ3) is 23.5. The standard InChI is InChI=1S/2C8H6O4.2K.4H3N.H2O4S/c2*9-7(10)5-3-1-2-4-6(5)8(11)12;;;;;;;1-5(2,3)4/h2*1-4H,(H,9,10)(H,11,12);;;4*1H3;(H2,1,2,3,4)/q;;2*+1;;;;;/p-2. The summed E-state index contributed by atoms with van der Waals surface area (Å²) in [5.74, 6) is -6.07. The predicted octanol–water partition coefficient (Wildman–Crippen LogP) is -9.00. The second-order valence-corrected chi connectivity index (χ2v) is 5.47. The molecule has 0 saturated carbocycles. The molecule has 2 aromatic carbocycles. The predicted molar refractivity (Wildman–Crippen MR) is 105 cm³/mol. The second-order valence-electron chi connectivity index (χ2n) is 4.65. The van der Waals surface area contributed by atoms with E-state index in [1.807, 2.05) is 0 Å². The van der Waals surface area contributed by atoms with E-state index in [-0.39, 0.29) is 150 Å². The molecule has 0 fully saturated rings. The van der Waals surface area contributed by atoms with Crippen LogP contribution in [0, 0.1) is 0 Å². The summed E-state index contributed by atoms with van der Waals surface area (Å²) < 4.78 is 34.1. The minimum Gasteiger partial charge on any atom is -0.759 e. The molecule has 0 aromatic heterocycles. The number of carbonyl (C=O) groups excluding carboxylic acids is 4. The Balaban J connectivity index is -0.0000000659. The molecule has 0 aliphatic heterocycles. The molecule has 0 saturated heterocycles. The number of carboxylic acid groups (broad SMARTS) is 4. The average Bonchev–Trinajstić information content (AvgIpc) is 2.60. The van der Waals surface area contributed by atoms with E-state index in [9.17, 15) is 39.6 Å². The summed E-state index contributed by atoms with van der Waals surface area (Å²) >= 11 is 0. The fourth-order valence-electron chi connectivity index (χ4n) is 1.68. The Morgan fingerprint density at radius 2 is 0.600 bits per heavy atom. The van der Waals surface area contributed by atoms with Gasteiger partial charge in [0.1, 0.15) is 0 Å². The van der Waals surface area contributed by atoms with Crippen molar-refractivity contribution in [1.29, 1.82) is 0 Å². The van der Waals surface area contributed by atoms with Crippen molar-refractivity contribution >= 4 is 34.3 Å². The Labute approximate surface area is 285 Å². The van der Waals surface area contributed by atoms with Gasteiger partial charge in [0, 0.05) is 32.7 Å². The summed E-state index contributed by atoms with van der Waals surface area (Å²) in [6.45, 7) is 0. The van der Waals surface area contributed by atoms with E-state index in [2.05, 4.69) is 0 Å². The normalized spacial score (nSPS) is 8.06. The van der Waals surface area contributed by atoms with Gasteiger partial charge in [-0.05, 0) is 0 Å². The Morgan fingerprint density at radius 1 is 0.486 bits per heavy atom. The second kappa shape index (κ2) is 25.0. The van der Waals surface area contributed by atoms with Crippen molar-refractivity contribution in [3.63, 3.8) is 0 Å². The van der Waals surface area contributed by atoms with Gasteiger partial charge in [0.25, 0.3) is 0 Å². The first-order valence-electron chi connectivity index (χ1n) is 6.95. The Hall–Kier alpha value is -0.697. The Morgan fingerprint density at radius 3 is 0.686 bits per heavy atom. The molecule has 16 nitrogen and oxygen atoms in total. The van der Waals surface area contributed by atoms with Crippen LogP contribution >= 0.6 is 0 Å². The van der Waals surface area contributed by atoms with Gasteiger partial charge in [-0.15, -0.1) is 0 Å². The topological polar surface area (TPSA) is 387 Å². The number of benzene rings is 2. The molecule has 2 rings (SSSR count). The third-order valence-electron chi connectivity index (χ3n) is 2.73. The van der Waals surface area contributed by atoms with Gasteiger partial charge < -0.3 is 73.3 Å². The van der Waals surface area contributed by atoms with Gasteiger partial charge in [-0.25, -0.2) is 0 Å². The smallest absolute Gasteiger partial charge is 0.759 e.